The maximum atomic E-state index is 13.6. The molecule has 0 amide bonds. The summed E-state index contributed by atoms with van der Waals surface area (Å²) in [7, 11) is 2.94. The average molecular weight is 633 g/mol. The van der Waals surface area contributed by atoms with Crippen molar-refractivity contribution in [1.29, 1.82) is 0 Å². The molecular formula is C38H48O8. The van der Waals surface area contributed by atoms with Gasteiger partial charge in [0.1, 0.15) is 23.2 Å². The number of hydrogen-bond acceptors (Lipinski definition) is 8. The van der Waals surface area contributed by atoms with Crippen LogP contribution >= 0.6 is 0 Å². The molecule has 8 nitrogen and oxygen atoms in total. The zero-order chi connectivity index (χ0) is 33.1. The van der Waals surface area contributed by atoms with Gasteiger partial charge in [0.2, 0.25) is 0 Å². The molecule has 0 heterocycles. The van der Waals surface area contributed by atoms with E-state index in [9.17, 15) is 14.4 Å². The molecule has 2 saturated carbocycles. The number of esters is 3. The minimum Gasteiger partial charge on any atom is -0.459 e. The topological polar surface area (TPSA) is 97.4 Å². The Balaban J connectivity index is 1.45. The van der Waals surface area contributed by atoms with Crippen LogP contribution in [0.15, 0.2) is 66.8 Å². The summed E-state index contributed by atoms with van der Waals surface area (Å²) in [5, 5.41) is 0. The summed E-state index contributed by atoms with van der Waals surface area (Å²) in [5.41, 5.74) is 1.95. The highest BCUT2D eigenvalue weighted by atomic mass is 16.6. The molecule has 2 aromatic rings. The van der Waals surface area contributed by atoms with Gasteiger partial charge in [-0.1, -0.05) is 64.0 Å². The summed E-state index contributed by atoms with van der Waals surface area (Å²) >= 11 is 0. The van der Waals surface area contributed by atoms with E-state index >= 15 is 0 Å². The number of carbonyl (C=O) groups excluding carboxylic acids is 3. The highest BCUT2D eigenvalue weighted by molar-refractivity contribution is 5.97. The third-order valence-corrected chi connectivity index (χ3v) is 9.26. The summed E-state index contributed by atoms with van der Waals surface area (Å²) in [6.07, 6.45) is 11.6. The molecule has 4 rings (SSSR count). The van der Waals surface area contributed by atoms with Crippen LogP contribution in [0.1, 0.15) is 81.5 Å². The minimum atomic E-state index is -0.681. The fraction of sp³-hybridized carbons (Fsp3) is 0.500. The molecule has 0 saturated heterocycles. The van der Waals surface area contributed by atoms with Gasteiger partial charge in [-0.2, -0.15) is 0 Å². The van der Waals surface area contributed by atoms with Crippen molar-refractivity contribution in [2.75, 3.05) is 27.4 Å². The van der Waals surface area contributed by atoms with E-state index in [0.29, 0.717) is 17.2 Å². The second-order valence-electron chi connectivity index (χ2n) is 12.6. The third kappa shape index (κ3) is 9.63. The Morgan fingerprint density at radius 2 is 1.26 bits per heavy atom. The summed E-state index contributed by atoms with van der Waals surface area (Å²) in [6.45, 7) is 9.74. The number of hydrogen-bond donors (Lipinski definition) is 0. The van der Waals surface area contributed by atoms with Crippen molar-refractivity contribution in [3.05, 3.63) is 72.3 Å². The fourth-order valence-electron chi connectivity index (χ4n) is 6.74. The molecule has 2 fully saturated rings. The van der Waals surface area contributed by atoms with Gasteiger partial charge in [0.05, 0.1) is 24.4 Å². The molecule has 2 aromatic carbocycles. The van der Waals surface area contributed by atoms with E-state index in [0.717, 1.165) is 43.1 Å². The molecule has 0 unspecified atom stereocenters. The Morgan fingerprint density at radius 3 is 1.83 bits per heavy atom. The van der Waals surface area contributed by atoms with E-state index in [-0.39, 0.29) is 41.8 Å². The number of carbonyl (C=O) groups is 3. The van der Waals surface area contributed by atoms with Crippen LogP contribution in [-0.4, -0.2) is 51.4 Å². The van der Waals surface area contributed by atoms with Crippen LogP contribution in [0, 0.1) is 17.8 Å². The molecule has 248 valence electrons. The third-order valence-electron chi connectivity index (χ3n) is 9.26. The molecule has 0 atom stereocenters. The van der Waals surface area contributed by atoms with Crippen molar-refractivity contribution >= 4 is 17.9 Å². The van der Waals surface area contributed by atoms with Crippen molar-refractivity contribution in [3.63, 3.8) is 0 Å². The molecule has 2 aliphatic carbocycles. The normalized spacial score (nSPS) is 21.2. The molecular weight excluding hydrogens is 584 g/mol. The van der Waals surface area contributed by atoms with Gasteiger partial charge in [-0.05, 0) is 91.7 Å². The lowest BCUT2D eigenvalue weighted by Gasteiger charge is -2.37. The standard InChI is InChI=1S/C38H48O8/c1-6-7-27-8-10-28(11-9-27)29-12-17-33(18-13-29)45-38(41)34-22-31(16-21-35(34)46-37(40)26(3)24-43-5)30-14-19-32(20-15-30)44-36(39)25(2)23-42-4/h14-16,19-22,27-29,33H,2-3,6-13,17-18,23-24H2,1,4-5H3. The lowest BCUT2D eigenvalue weighted by molar-refractivity contribution is -0.131. The quantitative estimate of drug-likeness (QED) is 0.118. The number of benzene rings is 2. The zero-order valence-corrected chi connectivity index (χ0v) is 27.5. The first-order valence-electron chi connectivity index (χ1n) is 16.5. The van der Waals surface area contributed by atoms with Gasteiger partial charge in [-0.25, -0.2) is 14.4 Å². The largest absolute Gasteiger partial charge is 0.459 e. The van der Waals surface area contributed by atoms with E-state index in [1.807, 2.05) is 0 Å². The second-order valence-corrected chi connectivity index (χ2v) is 12.6. The van der Waals surface area contributed by atoms with Gasteiger partial charge in [0, 0.05) is 14.2 Å². The smallest absolute Gasteiger partial charge is 0.342 e. The first-order chi connectivity index (χ1) is 22.2. The van der Waals surface area contributed by atoms with Crippen LogP contribution in [0.4, 0.5) is 0 Å². The molecule has 0 aliphatic heterocycles. The maximum absolute atomic E-state index is 13.6. The van der Waals surface area contributed by atoms with Crippen molar-refractivity contribution in [2.24, 2.45) is 17.8 Å². The van der Waals surface area contributed by atoms with Crippen LogP contribution in [0.5, 0.6) is 11.5 Å². The first-order valence-corrected chi connectivity index (χ1v) is 16.5. The van der Waals surface area contributed by atoms with E-state index in [1.54, 1.807) is 42.5 Å². The predicted molar refractivity (Wildman–Crippen MR) is 177 cm³/mol. The van der Waals surface area contributed by atoms with Gasteiger partial charge in [0.15, 0.2) is 0 Å². The second kappa shape index (κ2) is 17.2. The van der Waals surface area contributed by atoms with Crippen LogP contribution in [-0.2, 0) is 23.8 Å². The summed E-state index contributed by atoms with van der Waals surface area (Å²) in [6, 6.07) is 11.8. The van der Waals surface area contributed by atoms with Crippen LogP contribution < -0.4 is 9.47 Å². The molecule has 0 bridgehead atoms. The summed E-state index contributed by atoms with van der Waals surface area (Å²) < 4.78 is 26.9. The number of methoxy groups -OCH3 is 2. The lowest BCUT2D eigenvalue weighted by Crippen LogP contribution is -2.30. The molecule has 2 aliphatic rings. The van der Waals surface area contributed by atoms with Crippen molar-refractivity contribution < 1.29 is 38.1 Å². The summed E-state index contributed by atoms with van der Waals surface area (Å²) in [4.78, 5) is 38.5. The van der Waals surface area contributed by atoms with Gasteiger partial charge >= 0.3 is 17.9 Å². The van der Waals surface area contributed by atoms with Crippen molar-refractivity contribution in [2.45, 2.75) is 77.2 Å². The van der Waals surface area contributed by atoms with E-state index in [4.69, 9.17) is 23.7 Å². The number of ether oxygens (including phenoxy) is 5. The first kappa shape index (κ1) is 35.1. The van der Waals surface area contributed by atoms with Gasteiger partial charge in [-0.3, -0.25) is 0 Å². The van der Waals surface area contributed by atoms with Crippen LogP contribution in [0.3, 0.4) is 0 Å². The Kier molecular flexibility index (Phi) is 13.2. The van der Waals surface area contributed by atoms with Gasteiger partial charge < -0.3 is 23.7 Å². The predicted octanol–water partition coefficient (Wildman–Crippen LogP) is 7.89. The van der Waals surface area contributed by atoms with Crippen molar-refractivity contribution in [1.82, 2.24) is 0 Å². The SMILES string of the molecule is C=C(COC)C(=O)Oc1ccc(-c2ccc(OC(=O)C(=C)COC)c(C(=O)OC3CCC(C4CCC(CCC)CC4)CC3)c2)cc1. The average Bonchev–Trinajstić information content (AvgIpc) is 3.06. The molecule has 0 N–H and O–H groups in total. The number of rotatable bonds is 14. The van der Waals surface area contributed by atoms with Gasteiger partial charge in [-0.15, -0.1) is 0 Å². The lowest BCUT2D eigenvalue weighted by atomic mass is 9.70. The van der Waals surface area contributed by atoms with E-state index < -0.39 is 17.9 Å². The van der Waals surface area contributed by atoms with Crippen molar-refractivity contribution in [3.8, 4) is 22.6 Å². The highest BCUT2D eigenvalue weighted by Crippen LogP contribution is 2.42. The van der Waals surface area contributed by atoms with Crippen LogP contribution in [0.25, 0.3) is 11.1 Å². The Bertz CT molecular complexity index is 1360. The Labute approximate surface area is 273 Å². The Hall–Kier alpha value is -3.75. The highest BCUT2D eigenvalue weighted by Gasteiger charge is 2.32. The monoisotopic (exact) mass is 632 g/mol. The molecule has 0 aromatic heterocycles. The van der Waals surface area contributed by atoms with E-state index in [2.05, 4.69) is 20.1 Å². The maximum Gasteiger partial charge on any atom is 0.342 e. The van der Waals surface area contributed by atoms with E-state index in [1.165, 1.54) is 52.7 Å². The summed E-state index contributed by atoms with van der Waals surface area (Å²) in [5.74, 6) is 1.02. The molecule has 0 radical (unpaired) electrons. The molecule has 46 heavy (non-hydrogen) atoms. The minimum absolute atomic E-state index is 0.00985. The van der Waals surface area contributed by atoms with Crippen LogP contribution in [0.2, 0.25) is 0 Å². The zero-order valence-electron chi connectivity index (χ0n) is 27.5. The molecule has 8 heteroatoms. The molecule has 0 spiro atoms. The van der Waals surface area contributed by atoms with Gasteiger partial charge in [0.25, 0.3) is 0 Å². The fourth-order valence-corrected chi connectivity index (χ4v) is 6.74. The Morgan fingerprint density at radius 1 is 0.717 bits per heavy atom.